The zero-order valence-corrected chi connectivity index (χ0v) is 18.9. The Morgan fingerprint density at radius 3 is 2.41 bits per heavy atom. The summed E-state index contributed by atoms with van der Waals surface area (Å²) in [6.45, 7) is 0. The predicted octanol–water partition coefficient (Wildman–Crippen LogP) is 4.63. The van der Waals surface area contributed by atoms with Gasteiger partial charge in [0.15, 0.2) is 5.65 Å². The first kappa shape index (κ1) is 21.0. The molecular formula is C23H16Cl2N4O2S. The smallest absolute Gasteiger partial charge is 0.227 e. The minimum atomic E-state index is -3.74. The summed E-state index contributed by atoms with van der Waals surface area (Å²) in [5.41, 5.74) is 4.71. The van der Waals surface area contributed by atoms with Crippen molar-refractivity contribution in [3.8, 4) is 23.1 Å². The number of sulfonamides is 1. The van der Waals surface area contributed by atoms with Crippen molar-refractivity contribution in [1.82, 2.24) is 14.6 Å². The van der Waals surface area contributed by atoms with Gasteiger partial charge in [0, 0.05) is 22.7 Å². The van der Waals surface area contributed by atoms with Crippen LogP contribution in [-0.2, 0) is 10.0 Å². The molecule has 2 heterocycles. The minimum Gasteiger partial charge on any atom is -0.227 e. The third-order valence-corrected chi connectivity index (χ3v) is 6.90. The van der Waals surface area contributed by atoms with Gasteiger partial charge in [0.05, 0.1) is 32.4 Å². The molecule has 6 nitrogen and oxygen atoms in total. The van der Waals surface area contributed by atoms with Crippen LogP contribution < -0.4 is 5.14 Å². The molecule has 0 unspecified atom stereocenters. The summed E-state index contributed by atoms with van der Waals surface area (Å²) < 4.78 is 24.7. The summed E-state index contributed by atoms with van der Waals surface area (Å²) in [5.74, 6) is 6.58. The van der Waals surface area contributed by atoms with Gasteiger partial charge in [0.25, 0.3) is 0 Å². The summed E-state index contributed by atoms with van der Waals surface area (Å²) >= 11 is 12.3. The molecule has 0 saturated heterocycles. The molecule has 2 aromatic heterocycles. The fourth-order valence-electron chi connectivity index (χ4n) is 3.41. The van der Waals surface area contributed by atoms with E-state index < -0.39 is 10.0 Å². The monoisotopic (exact) mass is 482 g/mol. The molecule has 32 heavy (non-hydrogen) atoms. The SMILES string of the molecule is NS(=O)(=O)c1ccc(C#Cc2cnn3c(C4CC4)cc(-c4ccc(Cl)c(Cl)c4)nc23)cc1. The maximum atomic E-state index is 11.4. The predicted molar refractivity (Wildman–Crippen MR) is 124 cm³/mol. The van der Waals surface area contributed by atoms with Crippen LogP contribution >= 0.6 is 23.2 Å². The second-order valence-corrected chi connectivity index (χ2v) is 9.96. The van der Waals surface area contributed by atoms with E-state index in [2.05, 4.69) is 16.9 Å². The zero-order chi connectivity index (χ0) is 22.5. The Kier molecular flexibility index (Phi) is 5.19. The minimum absolute atomic E-state index is 0.0426. The Bertz CT molecular complexity index is 1530. The normalized spacial score (nSPS) is 13.7. The molecule has 0 aliphatic heterocycles. The Balaban J connectivity index is 1.58. The highest BCUT2D eigenvalue weighted by atomic mass is 35.5. The average Bonchev–Trinajstić information content (AvgIpc) is 3.53. The van der Waals surface area contributed by atoms with Gasteiger partial charge in [0.1, 0.15) is 0 Å². The summed E-state index contributed by atoms with van der Waals surface area (Å²) in [4.78, 5) is 4.85. The molecular weight excluding hydrogens is 467 g/mol. The van der Waals surface area contributed by atoms with Gasteiger partial charge in [0.2, 0.25) is 10.0 Å². The summed E-state index contributed by atoms with van der Waals surface area (Å²) in [5, 5.41) is 10.6. The van der Waals surface area contributed by atoms with Crippen LogP contribution in [0.4, 0.5) is 0 Å². The van der Waals surface area contributed by atoms with E-state index in [1.165, 1.54) is 12.1 Å². The molecule has 1 aliphatic rings. The van der Waals surface area contributed by atoms with Crippen LogP contribution in [-0.4, -0.2) is 23.0 Å². The lowest BCUT2D eigenvalue weighted by Gasteiger charge is -2.08. The van der Waals surface area contributed by atoms with E-state index in [1.807, 2.05) is 16.6 Å². The highest BCUT2D eigenvalue weighted by molar-refractivity contribution is 7.89. The van der Waals surface area contributed by atoms with Crippen LogP contribution in [0.15, 0.2) is 59.6 Å². The molecule has 0 radical (unpaired) electrons. The van der Waals surface area contributed by atoms with E-state index in [0.29, 0.717) is 32.7 Å². The molecule has 5 rings (SSSR count). The van der Waals surface area contributed by atoms with Crippen LogP contribution in [0.25, 0.3) is 16.9 Å². The maximum absolute atomic E-state index is 11.4. The number of primary sulfonamides is 1. The fourth-order valence-corrected chi connectivity index (χ4v) is 4.23. The number of halogens is 2. The molecule has 9 heteroatoms. The average molecular weight is 483 g/mol. The number of benzene rings is 2. The Morgan fingerprint density at radius 2 is 1.75 bits per heavy atom. The number of rotatable bonds is 3. The first-order chi connectivity index (χ1) is 15.3. The highest BCUT2D eigenvalue weighted by Crippen LogP contribution is 2.41. The number of nitrogens with zero attached hydrogens (tertiary/aromatic N) is 3. The van der Waals surface area contributed by atoms with E-state index in [9.17, 15) is 8.42 Å². The molecule has 1 fully saturated rings. The van der Waals surface area contributed by atoms with Crippen LogP contribution in [0.2, 0.25) is 10.0 Å². The van der Waals surface area contributed by atoms with E-state index in [0.717, 1.165) is 29.8 Å². The van der Waals surface area contributed by atoms with Crippen molar-refractivity contribution >= 4 is 38.9 Å². The van der Waals surface area contributed by atoms with Crippen molar-refractivity contribution in [3.63, 3.8) is 0 Å². The molecule has 1 saturated carbocycles. The van der Waals surface area contributed by atoms with Crippen molar-refractivity contribution in [2.75, 3.05) is 0 Å². The first-order valence-electron chi connectivity index (χ1n) is 9.78. The van der Waals surface area contributed by atoms with Gasteiger partial charge in [-0.2, -0.15) is 5.10 Å². The molecule has 2 aromatic carbocycles. The summed E-state index contributed by atoms with van der Waals surface area (Å²) in [6.07, 6.45) is 3.91. The second-order valence-electron chi connectivity index (χ2n) is 7.58. The van der Waals surface area contributed by atoms with Gasteiger partial charge in [-0.25, -0.2) is 23.1 Å². The van der Waals surface area contributed by atoms with Crippen molar-refractivity contribution in [2.45, 2.75) is 23.7 Å². The van der Waals surface area contributed by atoms with Crippen LogP contribution in [0, 0.1) is 11.8 Å². The Morgan fingerprint density at radius 1 is 1.00 bits per heavy atom. The summed E-state index contributed by atoms with van der Waals surface area (Å²) in [7, 11) is -3.74. The molecule has 2 N–H and O–H groups in total. The number of fused-ring (bicyclic) bond motifs is 1. The molecule has 1 aliphatic carbocycles. The standard InChI is InChI=1S/C23H16Cl2N4O2S/c24-19-10-7-16(11-20(19)25)21-12-22(15-5-6-15)29-23(28-21)17(13-27-29)4-1-14-2-8-18(9-3-14)32(26,30)31/h2-3,7-13,15H,5-6H2,(H2,26,30,31). The van der Waals surface area contributed by atoms with Gasteiger partial charge in [-0.3, -0.25) is 0 Å². The topological polar surface area (TPSA) is 90.4 Å². The van der Waals surface area contributed by atoms with Crippen molar-refractivity contribution in [1.29, 1.82) is 0 Å². The lowest BCUT2D eigenvalue weighted by Crippen LogP contribution is -2.11. The fraction of sp³-hybridized carbons (Fsp3) is 0.130. The number of hydrogen-bond acceptors (Lipinski definition) is 4. The van der Waals surface area contributed by atoms with E-state index in [1.54, 1.807) is 30.5 Å². The van der Waals surface area contributed by atoms with E-state index in [4.69, 9.17) is 33.3 Å². The molecule has 0 bridgehead atoms. The van der Waals surface area contributed by atoms with Gasteiger partial charge in [-0.1, -0.05) is 41.1 Å². The van der Waals surface area contributed by atoms with Gasteiger partial charge in [-0.05, 0) is 55.3 Å². The molecule has 0 atom stereocenters. The Labute approximate surface area is 195 Å². The van der Waals surface area contributed by atoms with Gasteiger partial charge in [-0.15, -0.1) is 0 Å². The quantitative estimate of drug-likeness (QED) is 0.431. The largest absolute Gasteiger partial charge is 0.238 e. The van der Waals surface area contributed by atoms with Gasteiger partial charge >= 0.3 is 0 Å². The lowest BCUT2D eigenvalue weighted by molar-refractivity contribution is 0.598. The highest BCUT2D eigenvalue weighted by Gasteiger charge is 2.28. The molecule has 160 valence electrons. The molecule has 0 amide bonds. The molecule has 4 aromatic rings. The second kappa shape index (κ2) is 7.91. The van der Waals surface area contributed by atoms with Crippen molar-refractivity contribution in [2.24, 2.45) is 5.14 Å². The van der Waals surface area contributed by atoms with Gasteiger partial charge < -0.3 is 0 Å². The van der Waals surface area contributed by atoms with E-state index in [-0.39, 0.29) is 4.90 Å². The third kappa shape index (κ3) is 4.10. The van der Waals surface area contributed by atoms with Crippen molar-refractivity contribution in [3.05, 3.63) is 81.6 Å². The van der Waals surface area contributed by atoms with E-state index >= 15 is 0 Å². The number of aromatic nitrogens is 3. The molecule has 0 spiro atoms. The van der Waals surface area contributed by atoms with Crippen LogP contribution in [0.5, 0.6) is 0 Å². The van der Waals surface area contributed by atoms with Crippen molar-refractivity contribution < 1.29 is 8.42 Å². The summed E-state index contributed by atoms with van der Waals surface area (Å²) in [6, 6.07) is 13.6. The third-order valence-electron chi connectivity index (χ3n) is 5.23. The lowest BCUT2D eigenvalue weighted by atomic mass is 10.1. The first-order valence-corrected chi connectivity index (χ1v) is 12.1. The number of nitrogens with two attached hydrogens (primary N) is 1. The van der Waals surface area contributed by atoms with Crippen LogP contribution in [0.3, 0.4) is 0 Å². The maximum Gasteiger partial charge on any atom is 0.238 e. The zero-order valence-electron chi connectivity index (χ0n) is 16.6. The van der Waals surface area contributed by atoms with Crippen LogP contribution in [0.1, 0.15) is 35.6 Å². The Hall–Kier alpha value is -2.89. The number of hydrogen-bond donors (Lipinski definition) is 1.